The highest BCUT2D eigenvalue weighted by Gasteiger charge is 2.19. The van der Waals surface area contributed by atoms with Crippen molar-refractivity contribution >= 4 is 16.9 Å². The zero-order valence-corrected chi connectivity index (χ0v) is 18.1. The van der Waals surface area contributed by atoms with Crippen molar-refractivity contribution in [2.24, 2.45) is 0 Å². The molecule has 1 N–H and O–H groups in total. The molecule has 0 saturated heterocycles. The van der Waals surface area contributed by atoms with E-state index in [9.17, 15) is 9.18 Å². The Balaban J connectivity index is 1.59. The van der Waals surface area contributed by atoms with E-state index < -0.39 is 0 Å². The molecule has 0 aliphatic carbocycles. The molecule has 0 spiro atoms. The topological polar surface area (TPSA) is 77.6 Å². The Labute approximate surface area is 179 Å². The fraction of sp³-hybridized carbons (Fsp3) is 0.304. The van der Waals surface area contributed by atoms with Crippen LogP contribution in [0.15, 0.2) is 42.7 Å². The number of nitrogens with one attached hydrogen (secondary N) is 1. The first-order valence-electron chi connectivity index (χ1n) is 10.3. The van der Waals surface area contributed by atoms with Gasteiger partial charge in [0.2, 0.25) is 5.91 Å². The highest BCUT2D eigenvalue weighted by atomic mass is 19.1. The van der Waals surface area contributed by atoms with Crippen molar-refractivity contribution in [3.05, 3.63) is 65.5 Å². The van der Waals surface area contributed by atoms with Gasteiger partial charge in [-0.25, -0.2) is 14.1 Å². The van der Waals surface area contributed by atoms with Crippen LogP contribution in [0.3, 0.4) is 0 Å². The van der Waals surface area contributed by atoms with E-state index in [1.807, 2.05) is 38.4 Å². The zero-order chi connectivity index (χ0) is 22.1. The monoisotopic (exact) mass is 420 g/mol. The number of nitrogens with zero attached hydrogens (tertiary/aromatic N) is 5. The quantitative estimate of drug-likeness (QED) is 0.512. The van der Waals surface area contributed by atoms with Crippen LogP contribution in [0.1, 0.15) is 36.8 Å². The summed E-state index contributed by atoms with van der Waals surface area (Å²) in [5.41, 5.74) is 5.21. The zero-order valence-electron chi connectivity index (χ0n) is 18.1. The minimum Gasteiger partial charge on any atom is -0.348 e. The first kappa shape index (κ1) is 20.7. The molecule has 7 nitrogen and oxygen atoms in total. The van der Waals surface area contributed by atoms with Crippen LogP contribution in [-0.2, 0) is 17.9 Å². The summed E-state index contributed by atoms with van der Waals surface area (Å²) < 4.78 is 16.9. The molecule has 1 unspecified atom stereocenters. The smallest absolute Gasteiger partial charge is 0.242 e. The number of carbonyl (C=O) groups is 1. The highest BCUT2D eigenvalue weighted by molar-refractivity contribution is 5.95. The fourth-order valence-electron chi connectivity index (χ4n) is 3.97. The Bertz CT molecular complexity index is 1240. The summed E-state index contributed by atoms with van der Waals surface area (Å²) in [6, 6.07) is 8.03. The Kier molecular flexibility index (Phi) is 5.54. The van der Waals surface area contributed by atoms with Gasteiger partial charge < -0.3 is 5.32 Å². The maximum absolute atomic E-state index is 13.3. The molecule has 0 aliphatic rings. The third kappa shape index (κ3) is 3.93. The average Bonchev–Trinajstić information content (AvgIpc) is 3.28. The SMILES string of the molecule is CCn1ncc(C(C)NC(=O)Cn2nc(C)c3c(-c4ccc(F)cc4)ccnc32)c1C. The second kappa shape index (κ2) is 8.29. The lowest BCUT2D eigenvalue weighted by atomic mass is 10.0. The van der Waals surface area contributed by atoms with Gasteiger partial charge in [-0.3, -0.25) is 9.48 Å². The summed E-state index contributed by atoms with van der Waals surface area (Å²) in [7, 11) is 0. The number of rotatable bonds is 6. The normalized spacial score (nSPS) is 12.3. The molecule has 8 heteroatoms. The third-order valence-electron chi connectivity index (χ3n) is 5.54. The van der Waals surface area contributed by atoms with Crippen LogP contribution >= 0.6 is 0 Å². The van der Waals surface area contributed by atoms with E-state index in [0.29, 0.717) is 5.65 Å². The number of pyridine rings is 1. The number of amides is 1. The van der Waals surface area contributed by atoms with Crippen molar-refractivity contribution < 1.29 is 9.18 Å². The van der Waals surface area contributed by atoms with E-state index in [0.717, 1.165) is 40.0 Å². The highest BCUT2D eigenvalue weighted by Crippen LogP contribution is 2.30. The lowest BCUT2D eigenvalue weighted by Gasteiger charge is -2.14. The number of halogens is 1. The van der Waals surface area contributed by atoms with Crippen molar-refractivity contribution in [1.29, 1.82) is 0 Å². The maximum atomic E-state index is 13.3. The minimum atomic E-state index is -0.285. The van der Waals surface area contributed by atoms with Gasteiger partial charge in [0.05, 0.1) is 17.9 Å². The summed E-state index contributed by atoms with van der Waals surface area (Å²) in [4.78, 5) is 17.2. The lowest BCUT2D eigenvalue weighted by Crippen LogP contribution is -2.30. The first-order valence-corrected chi connectivity index (χ1v) is 10.3. The molecule has 0 fully saturated rings. The Morgan fingerprint density at radius 2 is 1.90 bits per heavy atom. The second-order valence-corrected chi connectivity index (χ2v) is 7.60. The standard InChI is InChI=1S/C23H25FN6O/c1-5-29-16(4)20(12-26-29)14(2)27-21(31)13-30-23-22(15(3)28-30)19(10-11-25-23)17-6-8-18(24)9-7-17/h6-12,14H,5,13H2,1-4H3,(H,27,31). The van der Waals surface area contributed by atoms with Crippen LogP contribution in [0.25, 0.3) is 22.2 Å². The Morgan fingerprint density at radius 3 is 2.58 bits per heavy atom. The van der Waals surface area contributed by atoms with Crippen LogP contribution in [0.5, 0.6) is 0 Å². The minimum absolute atomic E-state index is 0.0511. The molecule has 3 aromatic heterocycles. The fourth-order valence-corrected chi connectivity index (χ4v) is 3.97. The van der Waals surface area contributed by atoms with Gasteiger partial charge in [0.1, 0.15) is 12.4 Å². The van der Waals surface area contributed by atoms with E-state index in [1.165, 1.54) is 12.1 Å². The van der Waals surface area contributed by atoms with E-state index in [4.69, 9.17) is 0 Å². The molecule has 4 rings (SSSR count). The van der Waals surface area contributed by atoms with Gasteiger partial charge in [0.15, 0.2) is 5.65 Å². The third-order valence-corrected chi connectivity index (χ3v) is 5.54. The molecule has 4 aromatic rings. The number of hydrogen-bond donors (Lipinski definition) is 1. The van der Waals surface area contributed by atoms with E-state index in [1.54, 1.807) is 29.2 Å². The van der Waals surface area contributed by atoms with Gasteiger partial charge in [0, 0.05) is 29.4 Å². The van der Waals surface area contributed by atoms with E-state index in [-0.39, 0.29) is 24.3 Å². The predicted molar refractivity (Wildman–Crippen MR) is 117 cm³/mol. The molecule has 1 atom stereocenters. The number of benzene rings is 1. The van der Waals surface area contributed by atoms with E-state index >= 15 is 0 Å². The molecule has 3 heterocycles. The number of aromatic nitrogens is 5. The number of carbonyl (C=O) groups excluding carboxylic acids is 1. The summed E-state index contributed by atoms with van der Waals surface area (Å²) in [6.45, 7) is 8.70. The molecule has 1 amide bonds. The predicted octanol–water partition coefficient (Wildman–Crippen LogP) is 3.95. The van der Waals surface area contributed by atoms with Crippen LogP contribution in [-0.4, -0.2) is 30.5 Å². The molecule has 1 aromatic carbocycles. The number of aryl methyl sites for hydroxylation is 2. The molecule has 0 bridgehead atoms. The first-order chi connectivity index (χ1) is 14.9. The number of fused-ring (bicyclic) bond motifs is 1. The van der Waals surface area contributed by atoms with Crippen LogP contribution in [0.2, 0.25) is 0 Å². The Hall–Kier alpha value is -3.55. The van der Waals surface area contributed by atoms with Crippen LogP contribution in [0, 0.1) is 19.7 Å². The van der Waals surface area contributed by atoms with Crippen LogP contribution in [0.4, 0.5) is 4.39 Å². The van der Waals surface area contributed by atoms with Gasteiger partial charge >= 0.3 is 0 Å². The molecule has 0 aliphatic heterocycles. The molecular weight excluding hydrogens is 395 g/mol. The molecule has 0 radical (unpaired) electrons. The molecule has 31 heavy (non-hydrogen) atoms. The van der Waals surface area contributed by atoms with Gasteiger partial charge in [-0.2, -0.15) is 10.2 Å². The summed E-state index contributed by atoms with van der Waals surface area (Å²) in [6.07, 6.45) is 3.48. The second-order valence-electron chi connectivity index (χ2n) is 7.60. The average molecular weight is 420 g/mol. The summed E-state index contributed by atoms with van der Waals surface area (Å²) in [5, 5.41) is 12.8. The Morgan fingerprint density at radius 1 is 1.16 bits per heavy atom. The van der Waals surface area contributed by atoms with Crippen molar-refractivity contribution in [2.45, 2.75) is 46.8 Å². The van der Waals surface area contributed by atoms with Crippen molar-refractivity contribution in [2.75, 3.05) is 0 Å². The summed E-state index contributed by atoms with van der Waals surface area (Å²) >= 11 is 0. The van der Waals surface area contributed by atoms with Crippen LogP contribution < -0.4 is 5.32 Å². The largest absolute Gasteiger partial charge is 0.348 e. The maximum Gasteiger partial charge on any atom is 0.242 e. The van der Waals surface area contributed by atoms with Gasteiger partial charge in [0.25, 0.3) is 0 Å². The van der Waals surface area contributed by atoms with E-state index in [2.05, 4.69) is 20.5 Å². The lowest BCUT2D eigenvalue weighted by molar-refractivity contribution is -0.122. The van der Waals surface area contributed by atoms with Crippen molar-refractivity contribution in [3.63, 3.8) is 0 Å². The van der Waals surface area contributed by atoms with Gasteiger partial charge in [-0.1, -0.05) is 12.1 Å². The molecule has 0 saturated carbocycles. The molecular formula is C23H25FN6O. The molecule has 160 valence electrons. The summed E-state index contributed by atoms with van der Waals surface area (Å²) in [5.74, 6) is -0.443. The van der Waals surface area contributed by atoms with Gasteiger partial charge in [-0.15, -0.1) is 0 Å². The number of hydrogen-bond acceptors (Lipinski definition) is 4. The van der Waals surface area contributed by atoms with Crippen molar-refractivity contribution in [3.8, 4) is 11.1 Å². The van der Waals surface area contributed by atoms with Gasteiger partial charge in [-0.05, 0) is 57.0 Å². The van der Waals surface area contributed by atoms with Crippen molar-refractivity contribution in [1.82, 2.24) is 29.9 Å².